The van der Waals surface area contributed by atoms with E-state index in [1.165, 1.54) is 17.2 Å². The van der Waals surface area contributed by atoms with Crippen molar-refractivity contribution in [3.05, 3.63) is 88.8 Å². The highest BCUT2D eigenvalue weighted by Gasteiger charge is 2.03. The Hall–Kier alpha value is -3.15. The highest BCUT2D eigenvalue weighted by Crippen LogP contribution is 2.10. The quantitative estimate of drug-likeness (QED) is 0.509. The van der Waals surface area contributed by atoms with Crippen LogP contribution in [0.5, 0.6) is 0 Å². The normalized spacial score (nSPS) is 11.5. The molecule has 2 N–H and O–H groups in total. The third-order valence-electron chi connectivity index (χ3n) is 4.63. The first-order valence-electron chi connectivity index (χ1n) is 9.30. The largest absolute Gasteiger partial charge is 0.352 e. The van der Waals surface area contributed by atoms with Crippen molar-refractivity contribution in [2.24, 2.45) is 4.99 Å². The Bertz CT molecular complexity index is 961. The van der Waals surface area contributed by atoms with Crippen LogP contribution in [0.15, 0.2) is 59.9 Å². The van der Waals surface area contributed by atoms with Gasteiger partial charge in [-0.05, 0) is 42.2 Å². The average molecular weight is 379 g/mol. The fourth-order valence-corrected chi connectivity index (χ4v) is 3.01. The molecule has 146 valence electrons. The summed E-state index contributed by atoms with van der Waals surface area (Å²) in [4.78, 5) is 8.53. The molecule has 0 fully saturated rings. The minimum absolute atomic E-state index is 0.183. The lowest BCUT2D eigenvalue weighted by Crippen LogP contribution is -2.36. The van der Waals surface area contributed by atoms with Gasteiger partial charge in [-0.25, -0.2) is 9.37 Å². The van der Waals surface area contributed by atoms with Crippen LogP contribution in [0, 0.1) is 19.7 Å². The second-order valence-electron chi connectivity index (χ2n) is 6.79. The number of aryl methyl sites for hydroxylation is 2. The molecular weight excluding hydrogens is 353 g/mol. The lowest BCUT2D eigenvalue weighted by molar-refractivity contribution is 0.617. The Kier molecular flexibility index (Phi) is 6.42. The van der Waals surface area contributed by atoms with Gasteiger partial charge in [-0.1, -0.05) is 36.4 Å². The number of aliphatic imine (C=N–C) groups is 1. The van der Waals surface area contributed by atoms with Gasteiger partial charge >= 0.3 is 0 Å². The number of hydrogen-bond donors (Lipinski definition) is 2. The zero-order valence-electron chi connectivity index (χ0n) is 16.5. The summed E-state index contributed by atoms with van der Waals surface area (Å²) >= 11 is 0. The first-order chi connectivity index (χ1) is 13.5. The van der Waals surface area contributed by atoms with Gasteiger partial charge in [0.15, 0.2) is 5.96 Å². The van der Waals surface area contributed by atoms with Crippen LogP contribution in [-0.4, -0.2) is 22.6 Å². The van der Waals surface area contributed by atoms with Crippen LogP contribution in [-0.2, 0) is 19.6 Å². The molecule has 3 rings (SSSR count). The number of guanidine groups is 1. The van der Waals surface area contributed by atoms with Gasteiger partial charge in [0.25, 0.3) is 0 Å². The van der Waals surface area contributed by atoms with E-state index in [9.17, 15) is 4.39 Å². The van der Waals surface area contributed by atoms with Crippen LogP contribution in [0.25, 0.3) is 0 Å². The van der Waals surface area contributed by atoms with E-state index >= 15 is 0 Å². The van der Waals surface area contributed by atoms with E-state index in [0.717, 1.165) is 17.9 Å². The van der Waals surface area contributed by atoms with E-state index in [2.05, 4.69) is 49.4 Å². The Morgan fingerprint density at radius 1 is 1.04 bits per heavy atom. The number of nitrogens with one attached hydrogen (secondary N) is 2. The molecule has 0 unspecified atom stereocenters. The summed E-state index contributed by atoms with van der Waals surface area (Å²) in [7, 11) is 1.74. The van der Waals surface area contributed by atoms with Crippen LogP contribution >= 0.6 is 0 Å². The SMILES string of the molecule is CN=C(NCc1cccc(Cn2ccnc2C)c1)NCc1ccc(F)c(C)c1. The summed E-state index contributed by atoms with van der Waals surface area (Å²) in [5.74, 6) is 1.53. The highest BCUT2D eigenvalue weighted by atomic mass is 19.1. The maximum absolute atomic E-state index is 13.4. The predicted octanol–water partition coefficient (Wildman–Crippen LogP) is 3.55. The molecule has 1 aromatic heterocycles. The van der Waals surface area contributed by atoms with Crippen molar-refractivity contribution in [1.82, 2.24) is 20.2 Å². The number of aromatic nitrogens is 2. The molecular formula is C22H26FN5. The maximum atomic E-state index is 13.4. The molecule has 0 radical (unpaired) electrons. The van der Waals surface area contributed by atoms with Crippen molar-refractivity contribution in [2.45, 2.75) is 33.5 Å². The number of nitrogens with zero attached hydrogens (tertiary/aromatic N) is 3. The fourth-order valence-electron chi connectivity index (χ4n) is 3.01. The Balaban J connectivity index is 1.55. The van der Waals surface area contributed by atoms with Gasteiger partial charge in [-0.2, -0.15) is 0 Å². The summed E-state index contributed by atoms with van der Waals surface area (Å²) in [5.41, 5.74) is 4.06. The van der Waals surface area contributed by atoms with Crippen LogP contribution < -0.4 is 10.6 Å². The molecule has 5 nitrogen and oxygen atoms in total. The van der Waals surface area contributed by atoms with Gasteiger partial charge in [0, 0.05) is 39.1 Å². The molecule has 0 amide bonds. The van der Waals surface area contributed by atoms with E-state index in [1.54, 1.807) is 20.0 Å². The standard InChI is InChI=1S/C22H26FN5/c1-16-11-19(7-8-21(16)23)14-27-22(24-3)26-13-18-5-4-6-20(12-18)15-28-10-9-25-17(28)2/h4-12H,13-15H2,1-3H3,(H2,24,26,27). The smallest absolute Gasteiger partial charge is 0.191 e. The van der Waals surface area contributed by atoms with Crippen molar-refractivity contribution in [3.63, 3.8) is 0 Å². The molecule has 0 bridgehead atoms. The molecule has 28 heavy (non-hydrogen) atoms. The van der Waals surface area contributed by atoms with Crippen molar-refractivity contribution in [3.8, 4) is 0 Å². The molecule has 1 heterocycles. The summed E-state index contributed by atoms with van der Waals surface area (Å²) in [6.07, 6.45) is 3.81. The number of imidazole rings is 1. The van der Waals surface area contributed by atoms with Crippen LogP contribution in [0.4, 0.5) is 4.39 Å². The average Bonchev–Trinajstić information content (AvgIpc) is 3.09. The zero-order chi connectivity index (χ0) is 19.9. The lowest BCUT2D eigenvalue weighted by atomic mass is 10.1. The van der Waals surface area contributed by atoms with Crippen LogP contribution in [0.2, 0.25) is 0 Å². The van der Waals surface area contributed by atoms with E-state index in [-0.39, 0.29) is 5.82 Å². The molecule has 0 aliphatic heterocycles. The summed E-state index contributed by atoms with van der Waals surface area (Å²) in [5, 5.41) is 6.59. The molecule has 0 aliphatic carbocycles. The number of rotatable bonds is 6. The minimum atomic E-state index is -0.183. The summed E-state index contributed by atoms with van der Waals surface area (Å²) in [6, 6.07) is 13.6. The third kappa shape index (κ3) is 5.19. The fraction of sp³-hybridized carbons (Fsp3) is 0.273. The first kappa shape index (κ1) is 19.6. The van der Waals surface area contributed by atoms with Crippen LogP contribution in [0.1, 0.15) is 28.1 Å². The highest BCUT2D eigenvalue weighted by molar-refractivity contribution is 5.79. The van der Waals surface area contributed by atoms with Gasteiger partial charge in [-0.3, -0.25) is 4.99 Å². The zero-order valence-corrected chi connectivity index (χ0v) is 16.5. The minimum Gasteiger partial charge on any atom is -0.352 e. The van der Waals surface area contributed by atoms with Crippen LogP contribution in [0.3, 0.4) is 0 Å². The predicted molar refractivity (Wildman–Crippen MR) is 111 cm³/mol. The molecule has 0 saturated carbocycles. The maximum Gasteiger partial charge on any atom is 0.191 e. The first-order valence-corrected chi connectivity index (χ1v) is 9.30. The van der Waals surface area contributed by atoms with Gasteiger partial charge < -0.3 is 15.2 Å². The molecule has 0 aliphatic rings. The molecule has 0 spiro atoms. The third-order valence-corrected chi connectivity index (χ3v) is 4.63. The summed E-state index contributed by atoms with van der Waals surface area (Å²) in [6.45, 7) is 5.82. The van der Waals surface area contributed by atoms with Gasteiger partial charge in [-0.15, -0.1) is 0 Å². The Labute approximate surface area is 165 Å². The Morgan fingerprint density at radius 2 is 1.75 bits per heavy atom. The molecule has 0 saturated heterocycles. The monoisotopic (exact) mass is 379 g/mol. The van der Waals surface area contributed by atoms with E-state index in [1.807, 2.05) is 25.4 Å². The van der Waals surface area contributed by atoms with E-state index < -0.39 is 0 Å². The van der Waals surface area contributed by atoms with Gasteiger partial charge in [0.1, 0.15) is 11.6 Å². The lowest BCUT2D eigenvalue weighted by Gasteiger charge is -2.13. The van der Waals surface area contributed by atoms with Crippen molar-refractivity contribution >= 4 is 5.96 Å². The van der Waals surface area contributed by atoms with Crippen molar-refractivity contribution in [2.75, 3.05) is 7.05 Å². The molecule has 2 aromatic carbocycles. The van der Waals surface area contributed by atoms with Crippen molar-refractivity contribution in [1.29, 1.82) is 0 Å². The van der Waals surface area contributed by atoms with E-state index in [4.69, 9.17) is 0 Å². The number of benzene rings is 2. The molecule has 0 atom stereocenters. The number of hydrogen-bond acceptors (Lipinski definition) is 2. The van der Waals surface area contributed by atoms with E-state index in [0.29, 0.717) is 24.6 Å². The topological polar surface area (TPSA) is 54.2 Å². The summed E-state index contributed by atoms with van der Waals surface area (Å²) < 4.78 is 15.5. The second-order valence-corrected chi connectivity index (χ2v) is 6.79. The van der Waals surface area contributed by atoms with Crippen molar-refractivity contribution < 1.29 is 4.39 Å². The molecule has 6 heteroatoms. The van der Waals surface area contributed by atoms with Gasteiger partial charge in [0.05, 0.1) is 0 Å². The number of halogens is 1. The second kappa shape index (κ2) is 9.17. The Morgan fingerprint density at radius 3 is 2.39 bits per heavy atom. The van der Waals surface area contributed by atoms with Gasteiger partial charge in [0.2, 0.25) is 0 Å². The molecule has 3 aromatic rings.